The van der Waals surface area contributed by atoms with E-state index < -0.39 is 0 Å². The molecule has 0 radical (unpaired) electrons. The van der Waals surface area contributed by atoms with E-state index in [0.29, 0.717) is 18.9 Å². The fourth-order valence-corrected chi connectivity index (χ4v) is 3.29. The standard InChI is InChI=1S/C16H17N7OS/c24-16(18-15-3-1-12-25-15)22-10-8-21(9-11-22)13-4-5-14(20-19-13)23-7-2-6-17-23/h1-7,12H,8-11H2,(H,18,24). The Hall–Kier alpha value is -2.94. The van der Waals surface area contributed by atoms with Gasteiger partial charge in [0.1, 0.15) is 0 Å². The fourth-order valence-electron chi connectivity index (χ4n) is 2.69. The lowest BCUT2D eigenvalue weighted by Gasteiger charge is -2.35. The molecule has 3 aromatic rings. The van der Waals surface area contributed by atoms with Crippen LogP contribution in [0.1, 0.15) is 0 Å². The molecule has 128 valence electrons. The molecule has 8 nitrogen and oxygen atoms in total. The molecule has 2 amide bonds. The second-order valence-corrected chi connectivity index (χ2v) is 6.53. The predicted molar refractivity (Wildman–Crippen MR) is 96.3 cm³/mol. The lowest BCUT2D eigenvalue weighted by atomic mass is 10.3. The molecule has 1 N–H and O–H groups in total. The van der Waals surface area contributed by atoms with Crippen molar-refractivity contribution in [2.75, 3.05) is 36.4 Å². The zero-order valence-corrected chi connectivity index (χ0v) is 14.3. The van der Waals surface area contributed by atoms with Crippen molar-refractivity contribution in [1.29, 1.82) is 0 Å². The Balaban J connectivity index is 1.34. The van der Waals surface area contributed by atoms with Gasteiger partial charge in [-0.3, -0.25) is 5.32 Å². The first-order valence-electron chi connectivity index (χ1n) is 7.98. The van der Waals surface area contributed by atoms with Gasteiger partial charge in [0.15, 0.2) is 11.6 Å². The van der Waals surface area contributed by atoms with Crippen LogP contribution in [0.4, 0.5) is 15.6 Å². The molecule has 0 bridgehead atoms. The second-order valence-electron chi connectivity index (χ2n) is 5.58. The summed E-state index contributed by atoms with van der Waals surface area (Å²) in [6.07, 6.45) is 3.53. The molecular formula is C16H17N7OS. The van der Waals surface area contributed by atoms with Crippen molar-refractivity contribution >= 4 is 28.2 Å². The molecule has 0 saturated carbocycles. The van der Waals surface area contributed by atoms with E-state index in [9.17, 15) is 4.79 Å². The van der Waals surface area contributed by atoms with Crippen LogP contribution in [0.5, 0.6) is 0 Å². The van der Waals surface area contributed by atoms with Crippen LogP contribution in [-0.2, 0) is 0 Å². The maximum Gasteiger partial charge on any atom is 0.322 e. The average molecular weight is 355 g/mol. The number of hydrogen-bond acceptors (Lipinski definition) is 6. The molecule has 0 atom stereocenters. The molecule has 0 spiro atoms. The molecule has 1 fully saturated rings. The fraction of sp³-hybridized carbons (Fsp3) is 0.250. The van der Waals surface area contributed by atoms with Crippen LogP contribution >= 0.6 is 11.3 Å². The van der Waals surface area contributed by atoms with Crippen LogP contribution < -0.4 is 10.2 Å². The van der Waals surface area contributed by atoms with E-state index in [4.69, 9.17) is 0 Å². The van der Waals surface area contributed by atoms with Gasteiger partial charge in [-0.2, -0.15) is 5.10 Å². The maximum atomic E-state index is 12.2. The van der Waals surface area contributed by atoms with E-state index in [2.05, 4.69) is 25.5 Å². The van der Waals surface area contributed by atoms with Crippen LogP contribution in [0.3, 0.4) is 0 Å². The minimum atomic E-state index is -0.0535. The Kier molecular flexibility index (Phi) is 4.30. The van der Waals surface area contributed by atoms with Crippen LogP contribution in [0.2, 0.25) is 0 Å². The van der Waals surface area contributed by atoms with Crippen molar-refractivity contribution in [2.24, 2.45) is 0 Å². The number of carbonyl (C=O) groups is 1. The van der Waals surface area contributed by atoms with Crippen molar-refractivity contribution in [3.63, 3.8) is 0 Å². The van der Waals surface area contributed by atoms with Crippen LogP contribution in [0, 0.1) is 0 Å². The topological polar surface area (TPSA) is 79.2 Å². The Morgan fingerprint density at radius 3 is 2.48 bits per heavy atom. The number of rotatable bonds is 3. The number of aromatic nitrogens is 4. The summed E-state index contributed by atoms with van der Waals surface area (Å²) >= 11 is 1.52. The third kappa shape index (κ3) is 3.45. The summed E-state index contributed by atoms with van der Waals surface area (Å²) < 4.78 is 1.67. The van der Waals surface area contributed by atoms with Crippen molar-refractivity contribution in [3.05, 3.63) is 48.1 Å². The number of urea groups is 1. The average Bonchev–Trinajstić information content (AvgIpc) is 3.36. The highest BCUT2D eigenvalue weighted by molar-refractivity contribution is 7.14. The highest BCUT2D eigenvalue weighted by Gasteiger charge is 2.22. The van der Waals surface area contributed by atoms with E-state index in [-0.39, 0.29) is 6.03 Å². The summed E-state index contributed by atoms with van der Waals surface area (Å²) in [5.74, 6) is 1.50. The first-order chi connectivity index (χ1) is 12.3. The Labute approximate surface area is 148 Å². The summed E-state index contributed by atoms with van der Waals surface area (Å²) in [5, 5.41) is 18.4. The number of hydrogen-bond donors (Lipinski definition) is 1. The summed E-state index contributed by atoms with van der Waals surface area (Å²) in [7, 11) is 0. The van der Waals surface area contributed by atoms with Crippen molar-refractivity contribution in [2.45, 2.75) is 0 Å². The van der Waals surface area contributed by atoms with E-state index in [1.165, 1.54) is 11.3 Å². The van der Waals surface area contributed by atoms with Crippen LogP contribution in [-0.4, -0.2) is 57.1 Å². The molecule has 25 heavy (non-hydrogen) atoms. The monoisotopic (exact) mass is 355 g/mol. The normalized spacial score (nSPS) is 14.6. The minimum absolute atomic E-state index is 0.0535. The second kappa shape index (κ2) is 6.89. The quantitative estimate of drug-likeness (QED) is 0.778. The third-order valence-electron chi connectivity index (χ3n) is 4.02. The van der Waals surface area contributed by atoms with E-state index in [1.54, 1.807) is 10.9 Å². The largest absolute Gasteiger partial charge is 0.352 e. The number of thiophene rings is 1. The predicted octanol–water partition coefficient (Wildman–Crippen LogP) is 2.08. The highest BCUT2D eigenvalue weighted by atomic mass is 32.1. The lowest BCUT2D eigenvalue weighted by Crippen LogP contribution is -2.50. The van der Waals surface area contributed by atoms with Crippen molar-refractivity contribution < 1.29 is 4.79 Å². The molecule has 0 unspecified atom stereocenters. The van der Waals surface area contributed by atoms with Gasteiger partial charge in [0.25, 0.3) is 0 Å². The Bertz CT molecular complexity index is 809. The van der Waals surface area contributed by atoms with E-state index in [1.807, 2.05) is 46.8 Å². The van der Waals surface area contributed by atoms with Gasteiger partial charge >= 0.3 is 6.03 Å². The van der Waals surface area contributed by atoms with Gasteiger partial charge in [-0.25, -0.2) is 9.48 Å². The molecular weight excluding hydrogens is 338 g/mol. The molecule has 0 aliphatic carbocycles. The summed E-state index contributed by atoms with van der Waals surface area (Å²) in [5.41, 5.74) is 0. The zero-order chi connectivity index (χ0) is 17.1. The molecule has 1 aliphatic heterocycles. The van der Waals surface area contributed by atoms with Gasteiger partial charge < -0.3 is 9.80 Å². The van der Waals surface area contributed by atoms with Gasteiger partial charge in [0.2, 0.25) is 0 Å². The Morgan fingerprint density at radius 2 is 1.84 bits per heavy atom. The van der Waals surface area contributed by atoms with Crippen LogP contribution in [0.15, 0.2) is 48.1 Å². The molecule has 3 aromatic heterocycles. The maximum absolute atomic E-state index is 12.2. The number of nitrogens with one attached hydrogen (secondary N) is 1. The third-order valence-corrected chi connectivity index (χ3v) is 4.80. The van der Waals surface area contributed by atoms with Gasteiger partial charge in [-0.1, -0.05) is 0 Å². The smallest absolute Gasteiger partial charge is 0.322 e. The highest BCUT2D eigenvalue weighted by Crippen LogP contribution is 2.17. The van der Waals surface area contributed by atoms with Crippen LogP contribution in [0.25, 0.3) is 5.82 Å². The number of piperazine rings is 1. The number of carbonyl (C=O) groups excluding carboxylic acids is 1. The molecule has 0 aromatic carbocycles. The summed E-state index contributed by atoms with van der Waals surface area (Å²) in [6, 6.07) is 9.44. The molecule has 4 heterocycles. The molecule has 9 heteroatoms. The minimum Gasteiger partial charge on any atom is -0.352 e. The first-order valence-corrected chi connectivity index (χ1v) is 8.86. The summed E-state index contributed by atoms with van der Waals surface area (Å²) in [4.78, 5) is 16.2. The van der Waals surface area contributed by atoms with Gasteiger partial charge in [-0.15, -0.1) is 21.5 Å². The summed E-state index contributed by atoms with van der Waals surface area (Å²) in [6.45, 7) is 2.76. The zero-order valence-electron chi connectivity index (χ0n) is 13.4. The molecule has 4 rings (SSSR count). The van der Waals surface area contributed by atoms with Crippen molar-refractivity contribution in [1.82, 2.24) is 24.9 Å². The first kappa shape index (κ1) is 15.6. The number of amides is 2. The number of nitrogens with zero attached hydrogens (tertiary/aromatic N) is 6. The van der Waals surface area contributed by atoms with Gasteiger partial charge in [0, 0.05) is 38.6 Å². The lowest BCUT2D eigenvalue weighted by molar-refractivity contribution is 0.208. The van der Waals surface area contributed by atoms with Gasteiger partial charge in [0.05, 0.1) is 5.00 Å². The SMILES string of the molecule is O=C(Nc1cccs1)N1CCN(c2ccc(-n3cccn3)nn2)CC1. The van der Waals surface area contributed by atoms with E-state index in [0.717, 1.165) is 23.9 Å². The molecule has 1 saturated heterocycles. The number of anilines is 2. The Morgan fingerprint density at radius 1 is 1.04 bits per heavy atom. The van der Waals surface area contributed by atoms with Crippen molar-refractivity contribution in [3.8, 4) is 5.82 Å². The molecule has 1 aliphatic rings. The van der Waals surface area contributed by atoms with E-state index >= 15 is 0 Å². The van der Waals surface area contributed by atoms with Gasteiger partial charge in [-0.05, 0) is 35.7 Å².